The van der Waals surface area contributed by atoms with Crippen molar-refractivity contribution < 1.29 is 0 Å². The number of fused-ring (bicyclic) bond motifs is 1. The lowest BCUT2D eigenvalue weighted by atomic mass is 10.0. The Morgan fingerprint density at radius 3 is 3.00 bits per heavy atom. The summed E-state index contributed by atoms with van der Waals surface area (Å²) in [5.74, 6) is 0.805. The topological polar surface area (TPSA) is 79.5 Å². The monoisotopic (exact) mass is 279 g/mol. The van der Waals surface area contributed by atoms with Crippen molar-refractivity contribution in [1.29, 1.82) is 5.53 Å². The Hall–Kier alpha value is -2.69. The smallest absolute Gasteiger partial charge is 0.155 e. The van der Waals surface area contributed by atoms with E-state index in [9.17, 15) is 0 Å². The number of allylic oxidation sites excluding steroid dienone is 4. The average molecular weight is 279 g/mol. The van der Waals surface area contributed by atoms with Crippen LogP contribution in [0.3, 0.4) is 0 Å². The first kappa shape index (κ1) is 13.3. The van der Waals surface area contributed by atoms with Crippen LogP contribution in [-0.2, 0) is 6.54 Å². The molecular weight excluding hydrogens is 262 g/mol. The van der Waals surface area contributed by atoms with Crippen molar-refractivity contribution >= 4 is 16.7 Å². The third kappa shape index (κ3) is 2.76. The Morgan fingerprint density at radius 2 is 2.24 bits per heavy atom. The van der Waals surface area contributed by atoms with Gasteiger partial charge in [0.1, 0.15) is 0 Å². The van der Waals surface area contributed by atoms with Crippen LogP contribution in [0, 0.1) is 11.4 Å². The van der Waals surface area contributed by atoms with E-state index in [0.29, 0.717) is 5.92 Å². The highest BCUT2D eigenvalue weighted by Crippen LogP contribution is 2.21. The number of benzene rings is 1. The third-order valence-electron chi connectivity index (χ3n) is 3.73. The summed E-state index contributed by atoms with van der Waals surface area (Å²) >= 11 is 0. The molecule has 3 rings (SSSR count). The first-order valence-corrected chi connectivity index (χ1v) is 6.90. The Balaban J connectivity index is 1.89. The summed E-state index contributed by atoms with van der Waals surface area (Å²) in [6.45, 7) is 0.968. The molecule has 1 aliphatic rings. The van der Waals surface area contributed by atoms with Crippen molar-refractivity contribution in [1.82, 2.24) is 4.57 Å². The van der Waals surface area contributed by atoms with Gasteiger partial charge in [-0.2, -0.15) is 5.53 Å². The molecule has 5 heteroatoms. The molecule has 3 N–H and O–H groups in total. The van der Waals surface area contributed by atoms with Crippen LogP contribution >= 0.6 is 0 Å². The molecule has 1 heterocycles. The molecular formula is C16H17N5. The van der Waals surface area contributed by atoms with Gasteiger partial charge in [0, 0.05) is 29.2 Å². The highest BCUT2D eigenvalue weighted by atomic mass is 15.3. The molecule has 106 valence electrons. The van der Waals surface area contributed by atoms with E-state index >= 15 is 0 Å². The zero-order valence-corrected chi connectivity index (χ0v) is 11.6. The lowest BCUT2D eigenvalue weighted by Gasteiger charge is -2.15. The summed E-state index contributed by atoms with van der Waals surface area (Å²) in [5, 5.41) is 7.65. The van der Waals surface area contributed by atoms with Crippen LogP contribution in [0.2, 0.25) is 0 Å². The van der Waals surface area contributed by atoms with Gasteiger partial charge in [-0.15, -0.1) is 5.10 Å². The number of aromatic nitrogens is 1. The highest BCUT2D eigenvalue weighted by molar-refractivity contribution is 6.00. The standard InChI is InChI=1S/C16H17N5/c17-16(19-20-18)14-6-7-15-13(10-14)8-9-21(15)11-12-4-2-1-3-5-12/h1-4,6-10,12H,5,11H2,(H3,17,18,19). The van der Waals surface area contributed by atoms with Crippen LogP contribution in [0.25, 0.3) is 10.9 Å². The van der Waals surface area contributed by atoms with Crippen molar-refractivity contribution in [3.63, 3.8) is 0 Å². The van der Waals surface area contributed by atoms with Crippen LogP contribution in [0.15, 0.2) is 65.1 Å². The summed E-state index contributed by atoms with van der Waals surface area (Å²) in [6, 6.07) is 8.01. The molecule has 0 saturated heterocycles. The van der Waals surface area contributed by atoms with E-state index in [1.54, 1.807) is 0 Å². The molecule has 0 aliphatic heterocycles. The van der Waals surface area contributed by atoms with Crippen molar-refractivity contribution in [3.8, 4) is 0 Å². The van der Waals surface area contributed by atoms with Crippen LogP contribution in [-0.4, -0.2) is 10.4 Å². The van der Waals surface area contributed by atoms with E-state index < -0.39 is 0 Å². The molecule has 1 aliphatic carbocycles. The molecule has 1 unspecified atom stereocenters. The third-order valence-corrected chi connectivity index (χ3v) is 3.73. The zero-order chi connectivity index (χ0) is 14.7. The van der Waals surface area contributed by atoms with Crippen LogP contribution in [0.4, 0.5) is 0 Å². The summed E-state index contributed by atoms with van der Waals surface area (Å²) in [5.41, 5.74) is 14.5. The van der Waals surface area contributed by atoms with Crippen LogP contribution < -0.4 is 5.73 Å². The number of amidine groups is 1. The van der Waals surface area contributed by atoms with E-state index in [2.05, 4.69) is 51.5 Å². The van der Waals surface area contributed by atoms with Crippen molar-refractivity contribution in [2.24, 2.45) is 22.0 Å². The number of rotatable bonds is 4. The predicted octanol–water partition coefficient (Wildman–Crippen LogP) is 3.42. The maximum absolute atomic E-state index is 6.73. The normalized spacial score (nSPS) is 18.3. The van der Waals surface area contributed by atoms with E-state index in [4.69, 9.17) is 11.3 Å². The van der Waals surface area contributed by atoms with Gasteiger partial charge in [0.15, 0.2) is 5.84 Å². The van der Waals surface area contributed by atoms with Gasteiger partial charge < -0.3 is 10.3 Å². The Bertz CT molecular complexity index is 751. The molecule has 0 saturated carbocycles. The lowest BCUT2D eigenvalue weighted by Crippen LogP contribution is -2.12. The van der Waals surface area contributed by atoms with Crippen molar-refractivity contribution in [3.05, 3.63) is 60.3 Å². The molecule has 5 nitrogen and oxygen atoms in total. The van der Waals surface area contributed by atoms with Gasteiger partial charge in [0.2, 0.25) is 0 Å². The van der Waals surface area contributed by atoms with Gasteiger partial charge in [-0.05, 0) is 36.6 Å². The van der Waals surface area contributed by atoms with Gasteiger partial charge in [-0.25, -0.2) is 0 Å². The lowest BCUT2D eigenvalue weighted by molar-refractivity contribution is 0.544. The van der Waals surface area contributed by atoms with Crippen molar-refractivity contribution in [2.45, 2.75) is 13.0 Å². The van der Waals surface area contributed by atoms with Gasteiger partial charge in [-0.1, -0.05) is 29.5 Å². The highest BCUT2D eigenvalue weighted by Gasteiger charge is 2.09. The summed E-state index contributed by atoms with van der Waals surface area (Å²) in [4.78, 5) is 0. The first-order chi connectivity index (χ1) is 10.3. The zero-order valence-electron chi connectivity index (χ0n) is 11.6. The fourth-order valence-corrected chi connectivity index (χ4v) is 2.65. The molecule has 2 aromatic rings. The second-order valence-electron chi connectivity index (χ2n) is 5.14. The first-order valence-electron chi connectivity index (χ1n) is 6.90. The summed E-state index contributed by atoms with van der Waals surface area (Å²) < 4.78 is 2.26. The fourth-order valence-electron chi connectivity index (χ4n) is 2.65. The average Bonchev–Trinajstić information content (AvgIpc) is 2.91. The molecule has 1 aromatic heterocycles. The number of hydrogen-bond acceptors (Lipinski definition) is 2. The quantitative estimate of drug-likeness (QED) is 0.382. The number of nitrogens with zero attached hydrogens (tertiary/aromatic N) is 3. The molecule has 1 aromatic carbocycles. The van der Waals surface area contributed by atoms with Gasteiger partial charge in [-0.3, -0.25) is 0 Å². The molecule has 1 atom stereocenters. The second kappa shape index (κ2) is 5.75. The number of hydrogen-bond donors (Lipinski definition) is 2. The molecule has 0 fully saturated rings. The minimum absolute atomic E-state index is 0.264. The second-order valence-corrected chi connectivity index (χ2v) is 5.14. The van der Waals surface area contributed by atoms with Crippen molar-refractivity contribution in [2.75, 3.05) is 0 Å². The summed E-state index contributed by atoms with van der Waals surface area (Å²) in [7, 11) is 0. The largest absolute Gasteiger partial charge is 0.382 e. The maximum Gasteiger partial charge on any atom is 0.155 e. The molecule has 21 heavy (non-hydrogen) atoms. The Kier molecular flexibility index (Phi) is 3.64. The minimum atomic E-state index is 0.264. The van der Waals surface area contributed by atoms with Crippen LogP contribution in [0.5, 0.6) is 0 Å². The Labute approximate surface area is 123 Å². The molecule has 0 amide bonds. The van der Waals surface area contributed by atoms with Gasteiger partial charge >= 0.3 is 0 Å². The molecule has 0 bridgehead atoms. The minimum Gasteiger partial charge on any atom is -0.382 e. The van der Waals surface area contributed by atoms with Gasteiger partial charge in [0.05, 0.1) is 0 Å². The van der Waals surface area contributed by atoms with E-state index in [1.165, 1.54) is 5.52 Å². The Morgan fingerprint density at radius 1 is 1.33 bits per heavy atom. The fraction of sp³-hybridized carbons (Fsp3) is 0.188. The summed E-state index contributed by atoms with van der Waals surface area (Å²) in [6.07, 6.45) is 11.8. The van der Waals surface area contributed by atoms with Crippen LogP contribution in [0.1, 0.15) is 12.0 Å². The molecule has 0 radical (unpaired) electrons. The molecule has 0 spiro atoms. The van der Waals surface area contributed by atoms with E-state index in [0.717, 1.165) is 23.9 Å². The van der Waals surface area contributed by atoms with E-state index in [-0.39, 0.29) is 5.84 Å². The SMILES string of the molecule is N=NN=C(N)c1ccc2c(ccn2CC2C=CC=CC2)c1. The number of nitrogens with one attached hydrogen (secondary N) is 1. The predicted molar refractivity (Wildman–Crippen MR) is 84.2 cm³/mol. The maximum atomic E-state index is 6.73. The number of nitrogens with two attached hydrogens (primary N) is 1. The van der Waals surface area contributed by atoms with Gasteiger partial charge in [0.25, 0.3) is 0 Å². The van der Waals surface area contributed by atoms with E-state index in [1.807, 2.05) is 18.2 Å².